The molecule has 28 heavy (non-hydrogen) atoms. The molecule has 0 radical (unpaired) electrons. The molecule has 2 aromatic rings. The number of aromatic nitrogens is 1. The molecule has 0 unspecified atom stereocenters. The summed E-state index contributed by atoms with van der Waals surface area (Å²) >= 11 is 0. The van der Waals surface area contributed by atoms with Gasteiger partial charge in [-0.1, -0.05) is 18.2 Å². The molecule has 8 heteroatoms. The van der Waals surface area contributed by atoms with Crippen LogP contribution in [0.15, 0.2) is 41.0 Å². The van der Waals surface area contributed by atoms with E-state index >= 15 is 0 Å². The minimum Gasteiger partial charge on any atom is -0.444 e. The predicted octanol–water partition coefficient (Wildman–Crippen LogP) is 0.791. The third-order valence-electron chi connectivity index (χ3n) is 4.63. The third-order valence-corrected chi connectivity index (χ3v) is 4.63. The van der Waals surface area contributed by atoms with Crippen molar-refractivity contribution in [1.29, 1.82) is 0 Å². The van der Waals surface area contributed by atoms with Crippen LogP contribution < -0.4 is 5.32 Å². The highest BCUT2D eigenvalue weighted by molar-refractivity contribution is 5.79. The van der Waals surface area contributed by atoms with Gasteiger partial charge >= 0.3 is 0 Å². The number of carbonyl (C=O) groups is 2. The third kappa shape index (κ3) is 5.64. The number of methoxy groups -OCH3 is 1. The van der Waals surface area contributed by atoms with E-state index in [9.17, 15) is 9.59 Å². The fourth-order valence-electron chi connectivity index (χ4n) is 3.08. The van der Waals surface area contributed by atoms with E-state index in [2.05, 4.69) is 15.2 Å². The highest BCUT2D eigenvalue weighted by atomic mass is 16.5. The van der Waals surface area contributed by atoms with Crippen molar-refractivity contribution in [2.45, 2.75) is 6.42 Å². The van der Waals surface area contributed by atoms with Crippen LogP contribution in [0.5, 0.6) is 0 Å². The van der Waals surface area contributed by atoms with E-state index in [4.69, 9.17) is 9.15 Å². The summed E-state index contributed by atoms with van der Waals surface area (Å²) < 4.78 is 10.4. The number of oxazole rings is 1. The van der Waals surface area contributed by atoms with Gasteiger partial charge in [-0.25, -0.2) is 4.98 Å². The summed E-state index contributed by atoms with van der Waals surface area (Å²) in [5.41, 5.74) is 1.52. The summed E-state index contributed by atoms with van der Waals surface area (Å²) in [5, 5.41) is 2.81. The highest BCUT2D eigenvalue weighted by Gasteiger charge is 2.23. The lowest BCUT2D eigenvalue weighted by Crippen LogP contribution is -2.51. The van der Waals surface area contributed by atoms with E-state index in [1.807, 2.05) is 35.2 Å². The summed E-state index contributed by atoms with van der Waals surface area (Å²) in [4.78, 5) is 32.7. The van der Waals surface area contributed by atoms with Gasteiger partial charge in [-0.15, -0.1) is 0 Å². The van der Waals surface area contributed by atoms with Crippen molar-refractivity contribution >= 4 is 11.8 Å². The summed E-state index contributed by atoms with van der Waals surface area (Å²) in [6.07, 6.45) is 1.76. The number of carbonyl (C=O) groups excluding carboxylic acids is 2. The molecular formula is C20H26N4O4. The Morgan fingerprint density at radius 3 is 2.64 bits per heavy atom. The van der Waals surface area contributed by atoms with Gasteiger partial charge in [0.15, 0.2) is 0 Å². The van der Waals surface area contributed by atoms with Crippen LogP contribution in [0, 0.1) is 0 Å². The molecule has 1 aromatic heterocycles. The Morgan fingerprint density at radius 1 is 1.18 bits per heavy atom. The van der Waals surface area contributed by atoms with Crippen molar-refractivity contribution in [3.8, 4) is 11.5 Å². The van der Waals surface area contributed by atoms with Crippen molar-refractivity contribution in [3.05, 3.63) is 42.3 Å². The second kappa shape index (κ2) is 10.0. The van der Waals surface area contributed by atoms with Crippen LogP contribution in [0.4, 0.5) is 0 Å². The van der Waals surface area contributed by atoms with E-state index < -0.39 is 0 Å². The second-order valence-corrected chi connectivity index (χ2v) is 6.69. The number of hydrogen-bond acceptors (Lipinski definition) is 6. The molecule has 1 saturated heterocycles. The number of nitrogens with zero attached hydrogens (tertiary/aromatic N) is 3. The van der Waals surface area contributed by atoms with Gasteiger partial charge in [0.25, 0.3) is 0 Å². The van der Waals surface area contributed by atoms with Crippen LogP contribution in [0.2, 0.25) is 0 Å². The Balaban J connectivity index is 1.43. The van der Waals surface area contributed by atoms with Gasteiger partial charge in [0, 0.05) is 45.4 Å². The molecule has 1 aromatic carbocycles. The first-order chi connectivity index (χ1) is 13.7. The molecule has 1 aliphatic heterocycles. The lowest BCUT2D eigenvalue weighted by Gasteiger charge is -2.34. The Kier molecular flexibility index (Phi) is 7.16. The number of benzene rings is 1. The number of piperazine rings is 1. The van der Waals surface area contributed by atoms with Crippen LogP contribution >= 0.6 is 0 Å². The number of ether oxygens (including phenoxy) is 1. The monoisotopic (exact) mass is 386 g/mol. The lowest BCUT2D eigenvalue weighted by molar-refractivity contribution is -0.132. The predicted molar refractivity (Wildman–Crippen MR) is 104 cm³/mol. The van der Waals surface area contributed by atoms with E-state index in [1.165, 1.54) is 0 Å². The van der Waals surface area contributed by atoms with Crippen molar-refractivity contribution in [1.82, 2.24) is 20.1 Å². The molecule has 150 valence electrons. The summed E-state index contributed by atoms with van der Waals surface area (Å²) in [7, 11) is 1.60. The molecule has 1 fully saturated rings. The molecule has 2 amide bonds. The zero-order valence-corrected chi connectivity index (χ0v) is 16.1. The Morgan fingerprint density at radius 2 is 1.93 bits per heavy atom. The fourth-order valence-corrected chi connectivity index (χ4v) is 3.08. The van der Waals surface area contributed by atoms with Gasteiger partial charge < -0.3 is 19.4 Å². The largest absolute Gasteiger partial charge is 0.444 e. The SMILES string of the molecule is COCCNC(=O)CN1CCN(C(=O)Cc2coc(-c3ccccc3)n2)CC1. The van der Waals surface area contributed by atoms with Crippen molar-refractivity contribution in [3.63, 3.8) is 0 Å². The van der Waals surface area contributed by atoms with Crippen LogP contribution in [0.1, 0.15) is 5.69 Å². The molecule has 8 nitrogen and oxygen atoms in total. The number of amides is 2. The molecule has 0 bridgehead atoms. The summed E-state index contributed by atoms with van der Waals surface area (Å²) in [5.74, 6) is 0.526. The fraction of sp³-hybridized carbons (Fsp3) is 0.450. The Bertz CT molecular complexity index is 770. The first-order valence-corrected chi connectivity index (χ1v) is 9.41. The zero-order valence-electron chi connectivity index (χ0n) is 16.1. The molecule has 1 N–H and O–H groups in total. The topological polar surface area (TPSA) is 87.9 Å². The van der Waals surface area contributed by atoms with Gasteiger partial charge in [-0.3, -0.25) is 14.5 Å². The van der Waals surface area contributed by atoms with Gasteiger partial charge in [0.05, 0.1) is 25.3 Å². The van der Waals surface area contributed by atoms with Crippen molar-refractivity contribution in [2.75, 3.05) is 53.0 Å². The molecule has 1 aliphatic rings. The van der Waals surface area contributed by atoms with Gasteiger partial charge in [-0.05, 0) is 12.1 Å². The first kappa shape index (κ1) is 20.0. The first-order valence-electron chi connectivity index (χ1n) is 9.41. The standard InChI is InChI=1S/C20H26N4O4/c1-27-12-7-21-18(25)14-23-8-10-24(11-9-23)19(26)13-17-15-28-20(22-17)16-5-3-2-4-6-16/h2-6,15H,7-14H2,1H3,(H,21,25). The summed E-state index contributed by atoms with van der Waals surface area (Å²) in [6, 6.07) is 9.60. The molecule has 0 aliphatic carbocycles. The maximum atomic E-state index is 12.5. The van der Waals surface area contributed by atoms with E-state index in [0.29, 0.717) is 57.5 Å². The van der Waals surface area contributed by atoms with Gasteiger partial charge in [0.1, 0.15) is 6.26 Å². The molecule has 0 spiro atoms. The minimum absolute atomic E-state index is 0.0205. The normalized spacial score (nSPS) is 14.8. The van der Waals surface area contributed by atoms with Crippen molar-refractivity contribution in [2.24, 2.45) is 0 Å². The number of nitrogens with one attached hydrogen (secondary N) is 1. The smallest absolute Gasteiger partial charge is 0.234 e. The molecule has 2 heterocycles. The summed E-state index contributed by atoms with van der Waals surface area (Å²) in [6.45, 7) is 3.92. The molecule has 0 saturated carbocycles. The number of hydrogen-bond donors (Lipinski definition) is 1. The van der Waals surface area contributed by atoms with Crippen LogP contribution in [-0.2, 0) is 20.7 Å². The average molecular weight is 386 g/mol. The van der Waals surface area contributed by atoms with E-state index in [1.54, 1.807) is 13.4 Å². The minimum atomic E-state index is -0.0205. The van der Waals surface area contributed by atoms with Crippen LogP contribution in [-0.4, -0.2) is 79.6 Å². The van der Waals surface area contributed by atoms with Crippen molar-refractivity contribution < 1.29 is 18.7 Å². The maximum absolute atomic E-state index is 12.5. The number of rotatable bonds is 8. The Hall–Kier alpha value is -2.71. The average Bonchev–Trinajstić information content (AvgIpc) is 3.18. The van der Waals surface area contributed by atoms with Crippen LogP contribution in [0.3, 0.4) is 0 Å². The molecule has 3 rings (SSSR count). The van der Waals surface area contributed by atoms with Crippen LogP contribution in [0.25, 0.3) is 11.5 Å². The quantitative estimate of drug-likeness (QED) is 0.675. The zero-order chi connectivity index (χ0) is 19.8. The van der Waals surface area contributed by atoms with Gasteiger partial charge in [0.2, 0.25) is 17.7 Å². The highest BCUT2D eigenvalue weighted by Crippen LogP contribution is 2.18. The van der Waals surface area contributed by atoms with E-state index in [-0.39, 0.29) is 18.2 Å². The van der Waals surface area contributed by atoms with Gasteiger partial charge in [-0.2, -0.15) is 0 Å². The maximum Gasteiger partial charge on any atom is 0.234 e. The lowest BCUT2D eigenvalue weighted by atomic mass is 10.2. The second-order valence-electron chi connectivity index (χ2n) is 6.69. The molecular weight excluding hydrogens is 360 g/mol. The van der Waals surface area contributed by atoms with E-state index in [0.717, 1.165) is 5.56 Å². The Labute approximate surface area is 164 Å². The molecule has 0 atom stereocenters.